The predicted octanol–water partition coefficient (Wildman–Crippen LogP) is 3.47. The Hall–Kier alpha value is -2.33. The number of nitrogens with zero attached hydrogens (tertiary/aromatic N) is 1. The summed E-state index contributed by atoms with van der Waals surface area (Å²) in [4.78, 5) is 16.5. The molecule has 0 heterocycles. The van der Waals surface area contributed by atoms with Crippen molar-refractivity contribution in [3.8, 4) is 5.75 Å². The molecule has 0 aliphatic carbocycles. The number of hydrogen-bond donors (Lipinski definition) is 0. The zero-order chi connectivity index (χ0) is 15.1. The number of rotatable bonds is 7. The van der Waals surface area contributed by atoms with Crippen molar-refractivity contribution in [3.05, 3.63) is 59.7 Å². The maximum atomic E-state index is 11.1. The second-order valence-corrected chi connectivity index (χ2v) is 4.53. The summed E-state index contributed by atoms with van der Waals surface area (Å²) in [5.41, 5.74) is 2.42. The highest BCUT2D eigenvalue weighted by molar-refractivity contribution is 5.80. The van der Waals surface area contributed by atoms with E-state index < -0.39 is 0 Å². The van der Waals surface area contributed by atoms with Gasteiger partial charge in [-0.15, -0.1) is 0 Å². The predicted molar refractivity (Wildman–Crippen MR) is 82.6 cm³/mol. The molecule has 0 atom stereocenters. The van der Waals surface area contributed by atoms with Gasteiger partial charge >= 0.3 is 0 Å². The van der Waals surface area contributed by atoms with Crippen LogP contribution in [0, 0.1) is 0 Å². The summed E-state index contributed by atoms with van der Waals surface area (Å²) in [6.45, 7) is 2.92. The van der Waals surface area contributed by atoms with Crippen molar-refractivity contribution in [2.75, 3.05) is 18.7 Å². The van der Waals surface area contributed by atoms with E-state index in [1.807, 2.05) is 56.4 Å². The zero-order valence-corrected chi connectivity index (χ0v) is 12.3. The summed E-state index contributed by atoms with van der Waals surface area (Å²) >= 11 is 0. The summed E-state index contributed by atoms with van der Waals surface area (Å²) in [6, 6.07) is 15.2. The fraction of sp³-hybridized carbons (Fsp3) is 0.235. The van der Waals surface area contributed by atoms with Crippen molar-refractivity contribution >= 4 is 12.0 Å². The number of hydrogen-bond acceptors (Lipinski definition) is 4. The fourth-order valence-electron chi connectivity index (χ4n) is 1.94. The minimum atomic E-state index is 0.420. The molecule has 2 aromatic rings. The smallest absolute Gasteiger partial charge is 0.153 e. The average molecular weight is 285 g/mol. The molecule has 0 unspecified atom stereocenters. The Morgan fingerprint density at radius 1 is 1.14 bits per heavy atom. The number of anilines is 1. The summed E-state index contributed by atoms with van der Waals surface area (Å²) in [5.74, 6) is 0.554. The highest BCUT2D eigenvalue weighted by Crippen LogP contribution is 2.25. The van der Waals surface area contributed by atoms with Crippen molar-refractivity contribution in [3.63, 3.8) is 0 Å². The molecule has 0 spiro atoms. The van der Waals surface area contributed by atoms with Crippen LogP contribution in [0.25, 0.3) is 0 Å². The molecule has 0 saturated heterocycles. The first-order chi connectivity index (χ1) is 10.2. The lowest BCUT2D eigenvalue weighted by molar-refractivity contribution is 0.111. The number of benzene rings is 2. The van der Waals surface area contributed by atoms with Crippen LogP contribution < -0.4 is 9.80 Å². The molecule has 0 aromatic heterocycles. The maximum absolute atomic E-state index is 11.1. The van der Waals surface area contributed by atoms with Crippen LogP contribution in [0.3, 0.4) is 0 Å². The van der Waals surface area contributed by atoms with Gasteiger partial charge in [0.15, 0.2) is 6.29 Å². The fourth-order valence-corrected chi connectivity index (χ4v) is 1.94. The summed E-state index contributed by atoms with van der Waals surface area (Å²) < 4.78 is 5.77. The molecule has 0 saturated carbocycles. The Bertz CT molecular complexity index is 584. The van der Waals surface area contributed by atoms with Crippen LogP contribution in [0.1, 0.15) is 22.8 Å². The maximum Gasteiger partial charge on any atom is 0.153 e. The Morgan fingerprint density at radius 2 is 1.90 bits per heavy atom. The van der Waals surface area contributed by atoms with Crippen molar-refractivity contribution in [1.82, 2.24) is 0 Å². The minimum absolute atomic E-state index is 0.420. The van der Waals surface area contributed by atoms with E-state index in [-0.39, 0.29) is 0 Å². The molecule has 21 heavy (non-hydrogen) atoms. The van der Waals surface area contributed by atoms with Crippen LogP contribution in [-0.4, -0.2) is 19.9 Å². The van der Waals surface area contributed by atoms with E-state index >= 15 is 0 Å². The minimum Gasteiger partial charge on any atom is -0.488 e. The number of carbonyl (C=O) groups excluding carboxylic acids is 1. The molecular formula is C17H19NO3. The number of carbonyl (C=O) groups is 1. The topological polar surface area (TPSA) is 38.8 Å². The van der Waals surface area contributed by atoms with Gasteiger partial charge in [0, 0.05) is 13.1 Å². The van der Waals surface area contributed by atoms with Crippen LogP contribution in [0.5, 0.6) is 5.75 Å². The van der Waals surface area contributed by atoms with Crippen molar-refractivity contribution in [2.24, 2.45) is 0 Å². The number of ether oxygens (including phenoxy) is 1. The van der Waals surface area contributed by atoms with E-state index in [0.717, 1.165) is 17.5 Å². The second-order valence-electron chi connectivity index (χ2n) is 4.53. The number of aldehydes is 1. The van der Waals surface area contributed by atoms with Crippen LogP contribution in [0.4, 0.5) is 5.69 Å². The van der Waals surface area contributed by atoms with Gasteiger partial charge in [-0.05, 0) is 24.6 Å². The van der Waals surface area contributed by atoms with Gasteiger partial charge in [0.25, 0.3) is 0 Å². The summed E-state index contributed by atoms with van der Waals surface area (Å²) in [7, 11) is 1.82. The third-order valence-corrected chi connectivity index (χ3v) is 3.05. The molecule has 0 bridgehead atoms. The lowest BCUT2D eigenvalue weighted by Gasteiger charge is -2.19. The molecule has 0 fully saturated rings. The molecule has 4 heteroatoms. The molecule has 0 radical (unpaired) electrons. The normalized spacial score (nSPS) is 10.2. The van der Waals surface area contributed by atoms with E-state index in [9.17, 15) is 4.79 Å². The van der Waals surface area contributed by atoms with Crippen LogP contribution in [-0.2, 0) is 11.4 Å². The molecule has 110 valence electrons. The molecular weight excluding hydrogens is 266 g/mol. The van der Waals surface area contributed by atoms with Crippen molar-refractivity contribution in [1.29, 1.82) is 0 Å². The third kappa shape index (κ3) is 4.07. The Kier molecular flexibility index (Phi) is 5.35. The van der Waals surface area contributed by atoms with Crippen LogP contribution in [0.15, 0.2) is 48.5 Å². The standard InChI is InChI=1S/C17H19NO3/c1-3-21-18(2)16-10-9-15(12-19)17(11-16)20-13-14-7-5-4-6-8-14/h4-12H,3,13H2,1-2H3. The van der Waals surface area contributed by atoms with Gasteiger partial charge in [-0.3, -0.25) is 14.7 Å². The first kappa shape index (κ1) is 15.1. The van der Waals surface area contributed by atoms with E-state index in [1.54, 1.807) is 11.1 Å². The van der Waals surface area contributed by atoms with Gasteiger partial charge in [-0.1, -0.05) is 30.3 Å². The number of hydroxylamine groups is 1. The second kappa shape index (κ2) is 7.45. The Labute approximate surface area is 124 Å². The monoisotopic (exact) mass is 285 g/mol. The summed E-state index contributed by atoms with van der Waals surface area (Å²) in [6.07, 6.45) is 0.796. The molecule has 0 aliphatic heterocycles. The van der Waals surface area contributed by atoms with E-state index in [4.69, 9.17) is 9.57 Å². The molecule has 0 amide bonds. The van der Waals surface area contributed by atoms with E-state index in [0.29, 0.717) is 24.5 Å². The van der Waals surface area contributed by atoms with Crippen molar-refractivity contribution in [2.45, 2.75) is 13.5 Å². The lowest BCUT2D eigenvalue weighted by Crippen LogP contribution is -2.17. The molecule has 4 nitrogen and oxygen atoms in total. The first-order valence-electron chi connectivity index (χ1n) is 6.87. The van der Waals surface area contributed by atoms with Gasteiger partial charge in [0.1, 0.15) is 12.4 Å². The zero-order valence-electron chi connectivity index (χ0n) is 12.3. The van der Waals surface area contributed by atoms with E-state index in [2.05, 4.69) is 0 Å². The van der Waals surface area contributed by atoms with Crippen LogP contribution in [0.2, 0.25) is 0 Å². The van der Waals surface area contributed by atoms with E-state index in [1.165, 1.54) is 0 Å². The van der Waals surface area contributed by atoms with Gasteiger partial charge < -0.3 is 4.74 Å². The SMILES string of the molecule is CCON(C)c1ccc(C=O)c(OCc2ccccc2)c1. The molecule has 2 rings (SSSR count). The third-order valence-electron chi connectivity index (χ3n) is 3.05. The first-order valence-corrected chi connectivity index (χ1v) is 6.87. The van der Waals surface area contributed by atoms with Crippen LogP contribution >= 0.6 is 0 Å². The van der Waals surface area contributed by atoms with Gasteiger partial charge in [-0.2, -0.15) is 0 Å². The largest absolute Gasteiger partial charge is 0.488 e. The van der Waals surface area contributed by atoms with Gasteiger partial charge in [-0.25, -0.2) is 0 Å². The lowest BCUT2D eigenvalue weighted by atomic mass is 10.2. The highest BCUT2D eigenvalue weighted by atomic mass is 16.7. The quantitative estimate of drug-likeness (QED) is 0.577. The molecule has 0 N–H and O–H groups in total. The Balaban J connectivity index is 2.16. The Morgan fingerprint density at radius 3 is 2.57 bits per heavy atom. The highest BCUT2D eigenvalue weighted by Gasteiger charge is 2.08. The molecule has 0 aliphatic rings. The van der Waals surface area contributed by atoms with Gasteiger partial charge in [0.2, 0.25) is 0 Å². The summed E-state index contributed by atoms with van der Waals surface area (Å²) in [5, 5.41) is 1.66. The molecule has 2 aromatic carbocycles. The van der Waals surface area contributed by atoms with Crippen molar-refractivity contribution < 1.29 is 14.4 Å². The average Bonchev–Trinajstić information content (AvgIpc) is 2.54. The van der Waals surface area contributed by atoms with Gasteiger partial charge in [0.05, 0.1) is 17.9 Å².